The van der Waals surface area contributed by atoms with Gasteiger partial charge in [0.05, 0.1) is 6.04 Å². The highest BCUT2D eigenvalue weighted by molar-refractivity contribution is 5.98. The molecule has 152 valence electrons. The molecule has 0 bridgehead atoms. The average Bonchev–Trinajstić information content (AvgIpc) is 3.04. The maximum Gasteiger partial charge on any atom is 0.223 e. The van der Waals surface area contributed by atoms with E-state index in [9.17, 15) is 14.4 Å². The Labute approximate surface area is 167 Å². The van der Waals surface area contributed by atoms with Crippen LogP contribution < -0.4 is 5.32 Å². The van der Waals surface area contributed by atoms with Crippen LogP contribution in [0.15, 0.2) is 18.2 Å². The molecule has 0 spiro atoms. The Morgan fingerprint density at radius 1 is 1.14 bits per heavy atom. The Balaban J connectivity index is 1.53. The summed E-state index contributed by atoms with van der Waals surface area (Å²) in [6.45, 7) is 7.34. The van der Waals surface area contributed by atoms with Crippen molar-refractivity contribution in [1.29, 1.82) is 0 Å². The first-order chi connectivity index (χ1) is 13.5. The minimum absolute atomic E-state index is 0.00872. The smallest absolute Gasteiger partial charge is 0.223 e. The van der Waals surface area contributed by atoms with E-state index in [4.69, 9.17) is 0 Å². The van der Waals surface area contributed by atoms with Crippen LogP contribution >= 0.6 is 0 Å². The molecule has 0 aliphatic carbocycles. The minimum Gasteiger partial charge on any atom is -0.341 e. The quantitative estimate of drug-likeness (QED) is 0.759. The third-order valence-corrected chi connectivity index (χ3v) is 5.94. The van der Waals surface area contributed by atoms with Crippen molar-refractivity contribution < 1.29 is 14.4 Å². The number of amides is 2. The maximum absolute atomic E-state index is 12.6. The van der Waals surface area contributed by atoms with Crippen LogP contribution in [0.3, 0.4) is 0 Å². The number of likely N-dealkylation sites (N-methyl/N-ethyl adjacent to an activating group) is 1. The van der Waals surface area contributed by atoms with Crippen molar-refractivity contribution in [2.24, 2.45) is 0 Å². The van der Waals surface area contributed by atoms with Crippen LogP contribution in [-0.2, 0) is 22.4 Å². The number of Topliss-reactive ketones (excluding diaryl/α,β-unsaturated/α-hetero) is 1. The molecule has 2 aliphatic rings. The summed E-state index contributed by atoms with van der Waals surface area (Å²) in [4.78, 5) is 40.5. The van der Waals surface area contributed by atoms with Gasteiger partial charge in [-0.05, 0) is 56.5 Å². The number of ketones is 1. The molecule has 1 N–H and O–H groups in total. The van der Waals surface area contributed by atoms with E-state index in [1.165, 1.54) is 11.1 Å². The van der Waals surface area contributed by atoms with Gasteiger partial charge in [0.2, 0.25) is 11.8 Å². The molecular weight excluding hydrogens is 354 g/mol. The second-order valence-corrected chi connectivity index (χ2v) is 7.74. The van der Waals surface area contributed by atoms with Crippen LogP contribution in [0, 0.1) is 0 Å². The van der Waals surface area contributed by atoms with Gasteiger partial charge in [-0.25, -0.2) is 0 Å². The average molecular weight is 386 g/mol. The number of rotatable bonds is 6. The third-order valence-electron chi connectivity index (χ3n) is 5.94. The van der Waals surface area contributed by atoms with Crippen molar-refractivity contribution in [3.63, 3.8) is 0 Å². The highest BCUT2D eigenvalue weighted by Gasteiger charge is 2.30. The van der Waals surface area contributed by atoms with Crippen LogP contribution in [0.2, 0.25) is 0 Å². The first-order valence-electron chi connectivity index (χ1n) is 10.4. The monoisotopic (exact) mass is 385 g/mol. The van der Waals surface area contributed by atoms with Crippen LogP contribution in [0.5, 0.6) is 0 Å². The molecule has 0 saturated carbocycles. The molecule has 6 nitrogen and oxygen atoms in total. The Hall–Kier alpha value is -2.21. The van der Waals surface area contributed by atoms with Gasteiger partial charge in [-0.15, -0.1) is 0 Å². The standard InChI is InChI=1S/C22H31N3O3/c1-3-25(16(2)26)20-10-13-24(15-20)22(28)7-6-21(27)19-5-4-17-8-11-23-12-9-18(17)14-19/h4-5,14,20,23H,3,6-13,15H2,1-2H3. The van der Waals surface area contributed by atoms with Gasteiger partial charge < -0.3 is 15.1 Å². The van der Waals surface area contributed by atoms with Crippen molar-refractivity contribution in [3.8, 4) is 0 Å². The van der Waals surface area contributed by atoms with E-state index in [-0.39, 0.29) is 36.5 Å². The summed E-state index contributed by atoms with van der Waals surface area (Å²) in [7, 11) is 0. The molecule has 2 amide bonds. The zero-order valence-electron chi connectivity index (χ0n) is 17.0. The number of nitrogens with one attached hydrogen (secondary N) is 1. The van der Waals surface area contributed by atoms with Gasteiger partial charge in [-0.2, -0.15) is 0 Å². The molecule has 2 aliphatic heterocycles. The predicted molar refractivity (Wildman–Crippen MR) is 108 cm³/mol. The van der Waals surface area contributed by atoms with E-state index in [0.717, 1.165) is 32.4 Å². The summed E-state index contributed by atoms with van der Waals surface area (Å²) in [5.74, 6) is 0.0906. The highest BCUT2D eigenvalue weighted by atomic mass is 16.2. The molecular formula is C22H31N3O3. The number of fused-ring (bicyclic) bond motifs is 1. The molecule has 0 radical (unpaired) electrons. The molecule has 0 aromatic heterocycles. The third kappa shape index (κ3) is 4.79. The lowest BCUT2D eigenvalue weighted by Gasteiger charge is -2.26. The van der Waals surface area contributed by atoms with Gasteiger partial charge in [0, 0.05) is 45.0 Å². The van der Waals surface area contributed by atoms with Crippen LogP contribution in [0.1, 0.15) is 54.6 Å². The predicted octanol–water partition coefficient (Wildman–Crippen LogP) is 1.81. The Bertz CT molecular complexity index is 747. The fraction of sp³-hybridized carbons (Fsp3) is 0.591. The number of hydrogen-bond acceptors (Lipinski definition) is 4. The topological polar surface area (TPSA) is 69.7 Å². The number of nitrogens with zero attached hydrogens (tertiary/aromatic N) is 2. The number of likely N-dealkylation sites (tertiary alicyclic amines) is 1. The molecule has 6 heteroatoms. The van der Waals surface area contributed by atoms with Gasteiger partial charge in [0.15, 0.2) is 5.78 Å². The second kappa shape index (κ2) is 9.32. The number of carbonyl (C=O) groups excluding carboxylic acids is 3. The lowest BCUT2D eigenvalue weighted by Crippen LogP contribution is -2.41. The minimum atomic E-state index is 0.00872. The molecule has 1 atom stereocenters. The van der Waals surface area contributed by atoms with E-state index in [1.54, 1.807) is 11.8 Å². The van der Waals surface area contributed by atoms with E-state index in [2.05, 4.69) is 11.4 Å². The van der Waals surface area contributed by atoms with Crippen LogP contribution in [0.4, 0.5) is 0 Å². The summed E-state index contributed by atoms with van der Waals surface area (Å²) in [5, 5.41) is 3.38. The van der Waals surface area contributed by atoms with Gasteiger partial charge in [-0.3, -0.25) is 14.4 Å². The molecule has 28 heavy (non-hydrogen) atoms. The van der Waals surface area contributed by atoms with E-state index >= 15 is 0 Å². The summed E-state index contributed by atoms with van der Waals surface area (Å²) in [6, 6.07) is 6.06. The normalized spacial score (nSPS) is 19.1. The van der Waals surface area contributed by atoms with Gasteiger partial charge in [-0.1, -0.05) is 12.1 Å². The Morgan fingerprint density at radius 2 is 1.89 bits per heavy atom. The Morgan fingerprint density at radius 3 is 2.61 bits per heavy atom. The van der Waals surface area contributed by atoms with Crippen molar-refractivity contribution in [2.75, 3.05) is 32.7 Å². The zero-order chi connectivity index (χ0) is 20.1. The van der Waals surface area contributed by atoms with Gasteiger partial charge in [0.1, 0.15) is 0 Å². The largest absolute Gasteiger partial charge is 0.341 e. The molecule has 1 aromatic rings. The van der Waals surface area contributed by atoms with Crippen LogP contribution in [0.25, 0.3) is 0 Å². The fourth-order valence-electron chi connectivity index (χ4n) is 4.33. The fourth-order valence-corrected chi connectivity index (χ4v) is 4.33. The lowest BCUT2D eigenvalue weighted by molar-refractivity contribution is -0.133. The number of hydrogen-bond donors (Lipinski definition) is 1. The summed E-state index contributed by atoms with van der Waals surface area (Å²) in [5.41, 5.74) is 3.27. The summed E-state index contributed by atoms with van der Waals surface area (Å²) < 4.78 is 0. The zero-order valence-corrected chi connectivity index (χ0v) is 17.0. The van der Waals surface area contributed by atoms with Crippen LogP contribution in [-0.4, -0.2) is 66.2 Å². The maximum atomic E-state index is 12.6. The number of benzene rings is 1. The molecule has 1 saturated heterocycles. The van der Waals surface area contributed by atoms with Gasteiger partial charge in [0.25, 0.3) is 0 Å². The van der Waals surface area contributed by atoms with E-state index < -0.39 is 0 Å². The first kappa shape index (κ1) is 20.5. The van der Waals surface area contributed by atoms with Crippen molar-refractivity contribution >= 4 is 17.6 Å². The molecule has 1 aromatic carbocycles. The van der Waals surface area contributed by atoms with Crippen molar-refractivity contribution in [1.82, 2.24) is 15.1 Å². The molecule has 2 heterocycles. The van der Waals surface area contributed by atoms with Crippen molar-refractivity contribution in [2.45, 2.75) is 52.0 Å². The molecule has 1 unspecified atom stereocenters. The van der Waals surface area contributed by atoms with Gasteiger partial charge >= 0.3 is 0 Å². The SMILES string of the molecule is CCN(C(C)=O)C1CCN(C(=O)CCC(=O)c2ccc3c(c2)CCNCC3)C1. The highest BCUT2D eigenvalue weighted by Crippen LogP contribution is 2.19. The summed E-state index contributed by atoms with van der Waals surface area (Å²) >= 11 is 0. The first-order valence-corrected chi connectivity index (χ1v) is 10.4. The molecule has 3 rings (SSSR count). The lowest BCUT2D eigenvalue weighted by atomic mass is 9.97. The van der Waals surface area contributed by atoms with E-state index in [0.29, 0.717) is 25.2 Å². The van der Waals surface area contributed by atoms with E-state index in [1.807, 2.05) is 24.0 Å². The second-order valence-electron chi connectivity index (χ2n) is 7.74. The van der Waals surface area contributed by atoms with Crippen molar-refractivity contribution in [3.05, 3.63) is 34.9 Å². The number of carbonyl (C=O) groups is 3. The Kier molecular flexibility index (Phi) is 6.83. The molecule has 1 fully saturated rings. The summed E-state index contributed by atoms with van der Waals surface area (Å²) in [6.07, 6.45) is 3.21.